The zero-order chi connectivity index (χ0) is 14.5. The summed E-state index contributed by atoms with van der Waals surface area (Å²) in [5.41, 5.74) is 7.61. The van der Waals surface area contributed by atoms with Crippen LogP contribution in [0.5, 0.6) is 0 Å². The first kappa shape index (κ1) is 14.2. The van der Waals surface area contributed by atoms with Crippen molar-refractivity contribution >= 4 is 28.9 Å². The van der Waals surface area contributed by atoms with E-state index >= 15 is 0 Å². The lowest BCUT2D eigenvalue weighted by Gasteiger charge is -2.12. The third kappa shape index (κ3) is 3.42. The molecular weight excluding hydrogens is 276 g/mol. The number of halogens is 1. The van der Waals surface area contributed by atoms with E-state index in [-0.39, 0.29) is 5.56 Å². The lowest BCUT2D eigenvalue weighted by molar-refractivity contribution is 0.0698. The quantitative estimate of drug-likeness (QED) is 0.739. The Labute approximate surface area is 122 Å². The van der Waals surface area contributed by atoms with Gasteiger partial charge in [-0.1, -0.05) is 41.9 Å². The predicted octanol–water partition coefficient (Wildman–Crippen LogP) is 3.28. The van der Waals surface area contributed by atoms with Crippen LogP contribution in [0.4, 0.5) is 11.4 Å². The highest BCUT2D eigenvalue weighted by Gasteiger charge is 2.14. The number of hydrogen-bond acceptors (Lipinski definition) is 3. The van der Waals surface area contributed by atoms with Crippen molar-refractivity contribution < 1.29 is 9.90 Å². The van der Waals surface area contributed by atoms with Gasteiger partial charge >= 0.3 is 5.97 Å². The van der Waals surface area contributed by atoms with Gasteiger partial charge in [-0.2, -0.15) is 0 Å². The highest BCUT2D eigenvalue weighted by atomic mass is 35.5. The topological polar surface area (TPSA) is 75.3 Å². The van der Waals surface area contributed by atoms with Gasteiger partial charge in [0.15, 0.2) is 0 Å². The molecule has 2 aromatic rings. The normalized spacial score (nSPS) is 10.2. The van der Waals surface area contributed by atoms with Crippen molar-refractivity contribution in [3.63, 3.8) is 0 Å². The van der Waals surface area contributed by atoms with Crippen LogP contribution in [0.1, 0.15) is 15.9 Å². The summed E-state index contributed by atoms with van der Waals surface area (Å²) < 4.78 is 0. The number of hydrogen-bond donors (Lipinski definition) is 3. The van der Waals surface area contributed by atoms with Crippen molar-refractivity contribution in [2.45, 2.75) is 6.42 Å². The molecule has 0 saturated carbocycles. The lowest BCUT2D eigenvalue weighted by atomic mass is 10.1. The zero-order valence-electron chi connectivity index (χ0n) is 10.8. The first-order chi connectivity index (χ1) is 9.58. The average Bonchev–Trinajstić information content (AvgIpc) is 2.41. The summed E-state index contributed by atoms with van der Waals surface area (Å²) >= 11 is 6.05. The number of carbonyl (C=O) groups is 1. The molecule has 0 bridgehead atoms. The molecule has 0 aliphatic rings. The van der Waals surface area contributed by atoms with E-state index in [4.69, 9.17) is 17.3 Å². The van der Waals surface area contributed by atoms with E-state index in [2.05, 4.69) is 5.32 Å². The molecule has 0 unspecified atom stereocenters. The van der Waals surface area contributed by atoms with E-state index < -0.39 is 5.97 Å². The van der Waals surface area contributed by atoms with Crippen LogP contribution in [0.3, 0.4) is 0 Å². The third-order valence-electron chi connectivity index (χ3n) is 2.90. The highest BCUT2D eigenvalue weighted by molar-refractivity contribution is 6.34. The Balaban J connectivity index is 2.11. The second-order valence-electron chi connectivity index (χ2n) is 4.39. The van der Waals surface area contributed by atoms with Crippen LogP contribution in [-0.4, -0.2) is 17.6 Å². The van der Waals surface area contributed by atoms with Crippen molar-refractivity contribution in [2.24, 2.45) is 0 Å². The fourth-order valence-corrected chi connectivity index (χ4v) is 2.25. The Kier molecular flexibility index (Phi) is 4.48. The molecule has 0 radical (unpaired) electrons. The Bertz CT molecular complexity index is 615. The summed E-state index contributed by atoms with van der Waals surface area (Å²) in [6.07, 6.45) is 0.778. The van der Waals surface area contributed by atoms with Gasteiger partial charge in [-0.3, -0.25) is 0 Å². The number of carboxylic acid groups (broad SMARTS) is 1. The molecule has 0 aromatic heterocycles. The number of anilines is 2. The van der Waals surface area contributed by atoms with E-state index in [1.807, 2.05) is 30.3 Å². The first-order valence-electron chi connectivity index (χ1n) is 6.18. The smallest absolute Gasteiger partial charge is 0.337 e. The molecule has 5 heteroatoms. The minimum atomic E-state index is -1.05. The third-order valence-corrected chi connectivity index (χ3v) is 3.20. The number of benzene rings is 2. The van der Waals surface area contributed by atoms with E-state index in [1.54, 1.807) is 6.07 Å². The molecule has 104 valence electrons. The van der Waals surface area contributed by atoms with Gasteiger partial charge in [0.1, 0.15) is 0 Å². The monoisotopic (exact) mass is 290 g/mol. The second-order valence-corrected chi connectivity index (χ2v) is 4.80. The van der Waals surface area contributed by atoms with Crippen molar-refractivity contribution in [2.75, 3.05) is 17.6 Å². The van der Waals surface area contributed by atoms with Crippen molar-refractivity contribution in [3.8, 4) is 0 Å². The number of rotatable bonds is 5. The van der Waals surface area contributed by atoms with Crippen molar-refractivity contribution in [1.29, 1.82) is 0 Å². The largest absolute Gasteiger partial charge is 0.478 e. The molecule has 0 saturated heterocycles. The molecule has 2 rings (SSSR count). The van der Waals surface area contributed by atoms with Crippen LogP contribution in [0.2, 0.25) is 5.02 Å². The highest BCUT2D eigenvalue weighted by Crippen LogP contribution is 2.29. The van der Waals surface area contributed by atoms with Gasteiger partial charge in [-0.05, 0) is 24.1 Å². The Morgan fingerprint density at radius 2 is 1.95 bits per heavy atom. The molecule has 4 N–H and O–H groups in total. The first-order valence-corrected chi connectivity index (χ1v) is 6.56. The number of aromatic carboxylic acids is 1. The van der Waals surface area contributed by atoms with E-state index in [0.29, 0.717) is 22.9 Å². The van der Waals surface area contributed by atoms with Gasteiger partial charge in [0.2, 0.25) is 0 Å². The maximum absolute atomic E-state index is 11.2. The van der Waals surface area contributed by atoms with Gasteiger partial charge in [0.25, 0.3) is 0 Å². The zero-order valence-corrected chi connectivity index (χ0v) is 11.5. The van der Waals surface area contributed by atoms with Gasteiger partial charge in [-0.25, -0.2) is 4.79 Å². The van der Waals surface area contributed by atoms with Crippen LogP contribution in [0, 0.1) is 0 Å². The molecule has 0 fully saturated rings. The molecule has 2 aromatic carbocycles. The molecule has 0 amide bonds. The van der Waals surface area contributed by atoms with Crippen LogP contribution in [-0.2, 0) is 6.42 Å². The average molecular weight is 291 g/mol. The number of carboxylic acids is 1. The molecule has 0 heterocycles. The van der Waals surface area contributed by atoms with Crippen LogP contribution < -0.4 is 11.1 Å². The van der Waals surface area contributed by atoms with E-state index in [0.717, 1.165) is 6.42 Å². The number of nitrogens with one attached hydrogen (secondary N) is 1. The SMILES string of the molecule is Nc1cc(Cl)c(NCCc2ccccc2)c(C(=O)O)c1. The lowest BCUT2D eigenvalue weighted by Crippen LogP contribution is -2.10. The number of nitrogen functional groups attached to an aromatic ring is 1. The summed E-state index contributed by atoms with van der Waals surface area (Å²) in [6, 6.07) is 12.9. The van der Waals surface area contributed by atoms with Gasteiger partial charge in [0.05, 0.1) is 16.3 Å². The minimum absolute atomic E-state index is 0.0862. The summed E-state index contributed by atoms with van der Waals surface area (Å²) in [4.78, 5) is 11.2. The van der Waals surface area contributed by atoms with Gasteiger partial charge in [-0.15, -0.1) is 0 Å². The van der Waals surface area contributed by atoms with Crippen molar-refractivity contribution in [1.82, 2.24) is 0 Å². The van der Waals surface area contributed by atoms with Crippen LogP contribution >= 0.6 is 11.6 Å². The fourth-order valence-electron chi connectivity index (χ4n) is 1.95. The second kappa shape index (κ2) is 6.30. The molecule has 0 aliphatic carbocycles. The van der Waals surface area contributed by atoms with Gasteiger partial charge in [0, 0.05) is 12.2 Å². The van der Waals surface area contributed by atoms with E-state index in [9.17, 15) is 9.90 Å². The maximum Gasteiger partial charge on any atom is 0.337 e. The standard InChI is InChI=1S/C15H15ClN2O2/c16-13-9-11(17)8-12(15(19)20)14(13)18-7-6-10-4-2-1-3-5-10/h1-5,8-9,18H,6-7,17H2,(H,19,20). The summed E-state index contributed by atoms with van der Waals surface area (Å²) in [6.45, 7) is 0.591. The maximum atomic E-state index is 11.2. The Morgan fingerprint density at radius 3 is 2.60 bits per heavy atom. The fraction of sp³-hybridized carbons (Fsp3) is 0.133. The molecule has 0 atom stereocenters. The molecule has 20 heavy (non-hydrogen) atoms. The predicted molar refractivity (Wildman–Crippen MR) is 81.5 cm³/mol. The molecular formula is C15H15ClN2O2. The van der Waals surface area contributed by atoms with Gasteiger partial charge < -0.3 is 16.2 Å². The molecule has 0 spiro atoms. The van der Waals surface area contributed by atoms with Crippen LogP contribution in [0.15, 0.2) is 42.5 Å². The Hall–Kier alpha value is -2.20. The summed E-state index contributed by atoms with van der Waals surface area (Å²) in [5, 5.41) is 12.6. The molecule has 0 aliphatic heterocycles. The summed E-state index contributed by atoms with van der Waals surface area (Å²) in [7, 11) is 0. The van der Waals surface area contributed by atoms with E-state index in [1.165, 1.54) is 11.6 Å². The Morgan fingerprint density at radius 1 is 1.25 bits per heavy atom. The summed E-state index contributed by atoms with van der Waals surface area (Å²) in [5.74, 6) is -1.05. The minimum Gasteiger partial charge on any atom is -0.478 e. The number of nitrogens with two attached hydrogens (primary N) is 1. The molecule has 4 nitrogen and oxygen atoms in total. The van der Waals surface area contributed by atoms with Crippen molar-refractivity contribution in [3.05, 3.63) is 58.6 Å². The van der Waals surface area contributed by atoms with Crippen LogP contribution in [0.25, 0.3) is 0 Å².